The van der Waals surface area contributed by atoms with Gasteiger partial charge in [0.25, 0.3) is 5.91 Å². The highest BCUT2D eigenvalue weighted by Gasteiger charge is 2.46. The average Bonchev–Trinajstić information content (AvgIpc) is 3.17. The van der Waals surface area contributed by atoms with Crippen LogP contribution in [0.2, 0.25) is 0 Å². The van der Waals surface area contributed by atoms with Crippen molar-refractivity contribution in [1.29, 1.82) is 0 Å². The molecule has 10 heteroatoms. The minimum atomic E-state index is -4.53. The third-order valence-corrected chi connectivity index (χ3v) is 5.87. The normalized spacial score (nSPS) is 19.1. The number of nitrogens with one attached hydrogen (secondary N) is 2. The fourth-order valence-corrected chi connectivity index (χ4v) is 3.90. The topological polar surface area (TPSA) is 79.2 Å². The van der Waals surface area contributed by atoms with Gasteiger partial charge in [-0.2, -0.15) is 18.3 Å². The Morgan fingerprint density at radius 1 is 1.22 bits per heavy atom. The van der Waals surface area contributed by atoms with E-state index in [0.717, 1.165) is 9.15 Å². The number of carbonyl (C=O) groups is 1. The molecule has 1 amide bonds. The van der Waals surface area contributed by atoms with Crippen LogP contribution >= 0.6 is 15.9 Å². The number of hydrogen-bond donors (Lipinski definition) is 3. The fraction of sp³-hybridized carbons (Fsp3) is 0.273. The zero-order valence-corrected chi connectivity index (χ0v) is 18.5. The second kappa shape index (κ2) is 8.59. The van der Waals surface area contributed by atoms with E-state index < -0.39 is 30.3 Å². The molecule has 0 fully saturated rings. The maximum atomic E-state index is 13.8. The number of rotatable bonds is 4. The quantitative estimate of drug-likeness (QED) is 0.427. The molecule has 1 aliphatic rings. The highest BCUT2D eigenvalue weighted by Crippen LogP contribution is 2.43. The summed E-state index contributed by atoms with van der Waals surface area (Å²) in [6.07, 6.45) is -5.42. The van der Waals surface area contributed by atoms with Gasteiger partial charge in [0.15, 0.2) is 11.7 Å². The molecule has 1 aromatic heterocycles. The number of aromatic nitrogens is 2. The van der Waals surface area contributed by atoms with Gasteiger partial charge in [-0.1, -0.05) is 40.2 Å². The van der Waals surface area contributed by atoms with Crippen molar-refractivity contribution in [3.05, 3.63) is 75.9 Å². The predicted molar refractivity (Wildman–Crippen MR) is 117 cm³/mol. The van der Waals surface area contributed by atoms with Gasteiger partial charge in [0, 0.05) is 22.6 Å². The van der Waals surface area contributed by atoms with Crippen LogP contribution in [-0.2, 0) is 0 Å². The van der Waals surface area contributed by atoms with Crippen LogP contribution in [0.1, 0.15) is 53.1 Å². The number of aliphatic hydroxyl groups excluding tert-OH is 1. The number of amides is 1. The van der Waals surface area contributed by atoms with Gasteiger partial charge < -0.3 is 15.7 Å². The molecule has 0 spiro atoms. The lowest BCUT2D eigenvalue weighted by atomic mass is 9.97. The number of fused-ring (bicyclic) bond motifs is 1. The van der Waals surface area contributed by atoms with E-state index in [9.17, 15) is 23.1 Å². The van der Waals surface area contributed by atoms with Crippen molar-refractivity contribution >= 4 is 33.3 Å². The molecule has 0 saturated heterocycles. The van der Waals surface area contributed by atoms with Crippen LogP contribution in [0.3, 0.4) is 0 Å². The summed E-state index contributed by atoms with van der Waals surface area (Å²) >= 11 is 3.32. The van der Waals surface area contributed by atoms with Crippen LogP contribution in [0.5, 0.6) is 0 Å². The van der Waals surface area contributed by atoms with E-state index in [1.807, 2.05) is 0 Å². The van der Waals surface area contributed by atoms with Crippen molar-refractivity contribution in [2.24, 2.45) is 0 Å². The Labute approximate surface area is 190 Å². The minimum Gasteiger partial charge on any atom is -0.389 e. The van der Waals surface area contributed by atoms with E-state index in [-0.39, 0.29) is 17.9 Å². The minimum absolute atomic E-state index is 0.126. The zero-order chi connectivity index (χ0) is 23.0. The predicted octanol–water partition coefficient (Wildman–Crippen LogP) is 5.61. The van der Waals surface area contributed by atoms with Gasteiger partial charge in [-0.3, -0.25) is 4.79 Å². The van der Waals surface area contributed by atoms with Gasteiger partial charge >= 0.3 is 6.18 Å². The number of halogens is 4. The molecule has 3 atom stereocenters. The first kappa shape index (κ1) is 22.3. The summed E-state index contributed by atoms with van der Waals surface area (Å²) in [5.41, 5.74) is 1.70. The monoisotopic (exact) mass is 508 g/mol. The average molecular weight is 509 g/mol. The van der Waals surface area contributed by atoms with Crippen molar-refractivity contribution < 1.29 is 23.1 Å². The summed E-state index contributed by atoms with van der Waals surface area (Å²) in [5.74, 6) is -0.499. The van der Waals surface area contributed by atoms with Gasteiger partial charge in [0.05, 0.1) is 12.1 Å². The van der Waals surface area contributed by atoms with Crippen LogP contribution in [0, 0.1) is 0 Å². The molecular formula is C22H20BrF3N4O2. The van der Waals surface area contributed by atoms with Crippen molar-refractivity contribution in [2.75, 3.05) is 10.6 Å². The van der Waals surface area contributed by atoms with Gasteiger partial charge in [-0.05, 0) is 42.3 Å². The Hall–Kier alpha value is -2.85. The number of alkyl halides is 3. The first-order chi connectivity index (χ1) is 15.1. The number of hydrogen-bond acceptors (Lipinski definition) is 4. The lowest BCUT2D eigenvalue weighted by Crippen LogP contribution is -2.35. The maximum absolute atomic E-state index is 13.8. The van der Waals surface area contributed by atoms with Crippen LogP contribution in [0.4, 0.5) is 24.7 Å². The lowest BCUT2D eigenvalue weighted by molar-refractivity contribution is -0.173. The van der Waals surface area contributed by atoms with Crippen LogP contribution in [0.15, 0.2) is 59.1 Å². The molecule has 168 valence electrons. The first-order valence-electron chi connectivity index (χ1n) is 9.89. The van der Waals surface area contributed by atoms with Gasteiger partial charge in [0.1, 0.15) is 5.82 Å². The zero-order valence-electron chi connectivity index (χ0n) is 16.9. The molecule has 0 unspecified atom stereocenters. The third kappa shape index (κ3) is 4.66. The number of anilines is 2. The molecule has 0 aliphatic carbocycles. The first-order valence-corrected chi connectivity index (χ1v) is 10.7. The van der Waals surface area contributed by atoms with Gasteiger partial charge in [0.2, 0.25) is 0 Å². The Morgan fingerprint density at radius 3 is 2.47 bits per heavy atom. The highest BCUT2D eigenvalue weighted by molar-refractivity contribution is 9.10. The van der Waals surface area contributed by atoms with Crippen LogP contribution in [-0.4, -0.2) is 27.0 Å². The van der Waals surface area contributed by atoms with E-state index in [0.29, 0.717) is 16.8 Å². The van der Waals surface area contributed by atoms with E-state index in [4.69, 9.17) is 0 Å². The highest BCUT2D eigenvalue weighted by atomic mass is 79.9. The van der Waals surface area contributed by atoms with Crippen molar-refractivity contribution in [2.45, 2.75) is 37.7 Å². The molecule has 2 heterocycles. The maximum Gasteiger partial charge on any atom is 0.410 e. The lowest BCUT2D eigenvalue weighted by Gasteiger charge is -2.33. The molecule has 4 rings (SSSR count). The summed E-state index contributed by atoms with van der Waals surface area (Å²) < 4.78 is 43.1. The third-order valence-electron chi connectivity index (χ3n) is 5.35. The Morgan fingerprint density at radius 2 is 1.88 bits per heavy atom. The fourth-order valence-electron chi connectivity index (χ4n) is 3.64. The molecule has 1 aliphatic heterocycles. The number of aliphatic hydroxyl groups is 1. The van der Waals surface area contributed by atoms with Gasteiger partial charge in [-0.25, -0.2) is 4.68 Å². The molecule has 2 aromatic carbocycles. The smallest absolute Gasteiger partial charge is 0.389 e. The Balaban J connectivity index is 1.59. The van der Waals surface area contributed by atoms with Crippen LogP contribution < -0.4 is 10.6 Å². The summed E-state index contributed by atoms with van der Waals surface area (Å²) in [7, 11) is 0. The van der Waals surface area contributed by atoms with Crippen molar-refractivity contribution in [3.8, 4) is 0 Å². The molecular weight excluding hydrogens is 489 g/mol. The van der Waals surface area contributed by atoms with E-state index >= 15 is 0 Å². The molecule has 0 saturated carbocycles. The summed E-state index contributed by atoms with van der Waals surface area (Å²) in [5, 5.41) is 19.2. The van der Waals surface area contributed by atoms with Gasteiger partial charge in [-0.15, -0.1) is 0 Å². The van der Waals surface area contributed by atoms with E-state index in [1.165, 1.54) is 6.07 Å². The van der Waals surface area contributed by atoms with E-state index in [1.54, 1.807) is 55.5 Å². The summed E-state index contributed by atoms with van der Waals surface area (Å²) in [6, 6.07) is 12.5. The number of benzene rings is 2. The molecule has 6 nitrogen and oxygen atoms in total. The molecule has 32 heavy (non-hydrogen) atoms. The Kier molecular flexibility index (Phi) is 6.00. The van der Waals surface area contributed by atoms with Crippen molar-refractivity contribution in [1.82, 2.24) is 9.78 Å². The molecule has 3 N–H and O–H groups in total. The summed E-state index contributed by atoms with van der Waals surface area (Å²) in [4.78, 5) is 12.6. The number of nitrogens with zero attached hydrogens (tertiary/aromatic N) is 2. The van der Waals surface area contributed by atoms with E-state index in [2.05, 4.69) is 31.7 Å². The van der Waals surface area contributed by atoms with Crippen LogP contribution in [0.25, 0.3) is 0 Å². The molecule has 3 aromatic rings. The molecule has 0 radical (unpaired) electrons. The Bertz CT molecular complexity index is 1110. The second-order valence-electron chi connectivity index (χ2n) is 7.65. The molecule has 0 bridgehead atoms. The SMILES string of the molecule is C[C@H](O)c1ccc(NC(=O)c2cc3n(n2)[C@H](C(F)(F)F)C[C@H](c2ccc(Br)cc2)N3)cc1. The summed E-state index contributed by atoms with van der Waals surface area (Å²) in [6.45, 7) is 1.62. The largest absolute Gasteiger partial charge is 0.410 e. The van der Waals surface area contributed by atoms with Crippen molar-refractivity contribution in [3.63, 3.8) is 0 Å². The second-order valence-corrected chi connectivity index (χ2v) is 8.57. The number of carbonyl (C=O) groups excluding carboxylic acids is 1. The standard InChI is InChI=1S/C22H20BrF3N4O2/c1-12(31)13-4-8-16(9-5-13)27-21(32)18-11-20-28-17(14-2-6-15(23)7-3-14)10-19(22(24,25)26)30(20)29-18/h2-9,11-12,17,19,28,31H,10H2,1H3,(H,27,32)/t12-,17+,19-/m0/s1.